The Morgan fingerprint density at radius 1 is 1.06 bits per heavy atom. The number of benzene rings is 2. The predicted octanol–water partition coefficient (Wildman–Crippen LogP) is 3.64. The fourth-order valence-electron chi connectivity index (χ4n) is 3.40. The molecule has 2 aromatic rings. The number of carbonyl (C=O) groups excluding carboxylic acids is 2. The molecule has 1 atom stereocenters. The summed E-state index contributed by atoms with van der Waals surface area (Å²) in [6, 6.07) is 10.9. The lowest BCUT2D eigenvalue weighted by molar-refractivity contribution is -0.384. The lowest BCUT2D eigenvalue weighted by atomic mass is 9.95. The largest absolute Gasteiger partial charge is 0.507 e. The molecule has 2 aromatic carbocycles. The van der Waals surface area contributed by atoms with E-state index in [1.807, 2.05) is 0 Å². The van der Waals surface area contributed by atoms with Crippen molar-refractivity contribution in [2.24, 2.45) is 0 Å². The SMILES string of the molecule is O=C(O)CCCN1C(=O)C(=O)/C(=C(/O)c2ccc([N+](=O)[O-])cc2)C1c1ccc(Br)cc1. The molecule has 160 valence electrons. The second kappa shape index (κ2) is 9.09. The molecule has 3 rings (SSSR count). The number of carboxylic acids is 1. The first-order valence-corrected chi connectivity index (χ1v) is 10.0. The summed E-state index contributed by atoms with van der Waals surface area (Å²) in [7, 11) is 0. The number of hydrogen-bond acceptors (Lipinski definition) is 6. The number of carboxylic acid groups (broad SMARTS) is 1. The fourth-order valence-corrected chi connectivity index (χ4v) is 3.66. The first-order valence-electron chi connectivity index (χ1n) is 9.21. The monoisotopic (exact) mass is 488 g/mol. The number of amides is 1. The van der Waals surface area contributed by atoms with Crippen molar-refractivity contribution in [1.29, 1.82) is 0 Å². The summed E-state index contributed by atoms with van der Waals surface area (Å²) in [5.41, 5.74) is 0.365. The molecule has 1 aliphatic rings. The average Bonchev–Trinajstić information content (AvgIpc) is 2.98. The topological polar surface area (TPSA) is 138 Å². The van der Waals surface area contributed by atoms with Gasteiger partial charge in [-0.2, -0.15) is 0 Å². The molecule has 1 heterocycles. The van der Waals surface area contributed by atoms with Crippen LogP contribution in [0, 0.1) is 10.1 Å². The van der Waals surface area contributed by atoms with Crippen LogP contribution in [0.2, 0.25) is 0 Å². The zero-order chi connectivity index (χ0) is 22.7. The van der Waals surface area contributed by atoms with Gasteiger partial charge in [0.2, 0.25) is 0 Å². The van der Waals surface area contributed by atoms with Gasteiger partial charge in [-0.3, -0.25) is 24.5 Å². The number of aliphatic hydroxyl groups is 1. The van der Waals surface area contributed by atoms with Crippen molar-refractivity contribution >= 4 is 45.0 Å². The number of aliphatic hydroxyl groups excluding tert-OH is 1. The maximum absolute atomic E-state index is 12.8. The van der Waals surface area contributed by atoms with Crippen LogP contribution in [-0.2, 0) is 14.4 Å². The highest BCUT2D eigenvalue weighted by Gasteiger charge is 2.45. The molecule has 2 N–H and O–H groups in total. The van der Waals surface area contributed by atoms with E-state index in [-0.39, 0.29) is 36.2 Å². The summed E-state index contributed by atoms with van der Waals surface area (Å²) in [4.78, 5) is 47.9. The molecule has 0 radical (unpaired) electrons. The Bertz CT molecular complexity index is 1080. The molecule has 0 spiro atoms. The molecule has 1 unspecified atom stereocenters. The molecule has 1 aliphatic heterocycles. The Hall–Kier alpha value is -3.53. The second-order valence-corrected chi connectivity index (χ2v) is 7.76. The van der Waals surface area contributed by atoms with Crippen molar-refractivity contribution in [3.8, 4) is 0 Å². The number of nitro benzene ring substituents is 1. The number of aliphatic carboxylic acids is 1. The molecule has 1 amide bonds. The molecule has 1 fully saturated rings. The second-order valence-electron chi connectivity index (χ2n) is 6.85. The third kappa shape index (κ3) is 4.64. The molecule has 0 bridgehead atoms. The summed E-state index contributed by atoms with van der Waals surface area (Å²) < 4.78 is 0.773. The number of hydrogen-bond donors (Lipinski definition) is 2. The van der Waals surface area contributed by atoms with Gasteiger partial charge in [0.05, 0.1) is 16.5 Å². The Morgan fingerprint density at radius 2 is 1.68 bits per heavy atom. The molecule has 10 heteroatoms. The molecular weight excluding hydrogens is 472 g/mol. The third-order valence-electron chi connectivity index (χ3n) is 4.87. The van der Waals surface area contributed by atoms with Gasteiger partial charge in [0.1, 0.15) is 5.76 Å². The van der Waals surface area contributed by atoms with Crippen molar-refractivity contribution in [3.63, 3.8) is 0 Å². The normalized spacial score (nSPS) is 17.7. The standard InChI is InChI=1S/C21H17BrN2O7/c22-14-7-3-12(4-8-14)18-17(19(27)13-5-9-15(10-6-13)24(30)31)20(28)21(29)23(18)11-1-2-16(25)26/h3-10,18,27H,1-2,11H2,(H,25,26)/b19-17+. The molecule has 31 heavy (non-hydrogen) atoms. The van der Waals surface area contributed by atoms with Gasteiger partial charge < -0.3 is 15.1 Å². The zero-order valence-electron chi connectivity index (χ0n) is 16.0. The van der Waals surface area contributed by atoms with Crippen LogP contribution >= 0.6 is 15.9 Å². The van der Waals surface area contributed by atoms with Crippen LogP contribution in [0.5, 0.6) is 0 Å². The molecule has 0 saturated carbocycles. The number of nitro groups is 1. The van der Waals surface area contributed by atoms with Crippen LogP contribution in [0.3, 0.4) is 0 Å². The number of halogens is 1. The van der Waals surface area contributed by atoms with Crippen LogP contribution < -0.4 is 0 Å². The summed E-state index contributed by atoms with van der Waals surface area (Å²) in [6.45, 7) is 0.00858. The first kappa shape index (κ1) is 22.2. The molecule has 1 saturated heterocycles. The van der Waals surface area contributed by atoms with Crippen LogP contribution in [0.4, 0.5) is 5.69 Å². The quantitative estimate of drug-likeness (QED) is 0.199. The summed E-state index contributed by atoms with van der Waals surface area (Å²) in [5, 5.41) is 30.6. The lowest BCUT2D eigenvalue weighted by Crippen LogP contribution is -2.31. The minimum absolute atomic E-state index is 0.00858. The van der Waals surface area contributed by atoms with Gasteiger partial charge in [-0.1, -0.05) is 28.1 Å². The van der Waals surface area contributed by atoms with Crippen LogP contribution in [0.15, 0.2) is 58.6 Å². The average molecular weight is 489 g/mol. The van der Waals surface area contributed by atoms with Crippen molar-refractivity contribution in [1.82, 2.24) is 4.90 Å². The van der Waals surface area contributed by atoms with Gasteiger partial charge in [0, 0.05) is 35.1 Å². The van der Waals surface area contributed by atoms with Crippen molar-refractivity contribution in [2.75, 3.05) is 6.54 Å². The highest BCUT2D eigenvalue weighted by molar-refractivity contribution is 9.10. The molecular formula is C21H17BrN2O7. The third-order valence-corrected chi connectivity index (χ3v) is 5.40. The number of non-ortho nitro benzene ring substituents is 1. The number of carbonyl (C=O) groups is 3. The van der Waals surface area contributed by atoms with Gasteiger partial charge in [0.15, 0.2) is 0 Å². The van der Waals surface area contributed by atoms with Crippen molar-refractivity contribution in [3.05, 3.63) is 79.8 Å². The van der Waals surface area contributed by atoms with Gasteiger partial charge in [-0.15, -0.1) is 0 Å². The van der Waals surface area contributed by atoms with E-state index in [9.17, 15) is 29.6 Å². The van der Waals surface area contributed by atoms with Crippen LogP contribution in [-0.4, -0.2) is 44.2 Å². The Morgan fingerprint density at radius 3 is 2.23 bits per heavy atom. The van der Waals surface area contributed by atoms with Crippen LogP contribution in [0.1, 0.15) is 30.0 Å². The van der Waals surface area contributed by atoms with E-state index in [2.05, 4.69) is 15.9 Å². The van der Waals surface area contributed by atoms with E-state index in [1.165, 1.54) is 29.2 Å². The smallest absolute Gasteiger partial charge is 0.303 e. The summed E-state index contributed by atoms with van der Waals surface area (Å²) in [6.07, 6.45) is -0.0502. The van der Waals surface area contributed by atoms with E-state index in [0.717, 1.165) is 4.47 Å². The summed E-state index contributed by atoms with van der Waals surface area (Å²) in [5.74, 6) is -3.23. The highest BCUT2D eigenvalue weighted by Crippen LogP contribution is 2.40. The van der Waals surface area contributed by atoms with Crippen molar-refractivity contribution < 1.29 is 29.5 Å². The number of likely N-dealkylation sites (tertiary alicyclic amines) is 1. The predicted molar refractivity (Wildman–Crippen MR) is 113 cm³/mol. The Balaban J connectivity index is 2.08. The molecule has 9 nitrogen and oxygen atoms in total. The lowest BCUT2D eigenvalue weighted by Gasteiger charge is -2.25. The number of nitrogens with zero attached hydrogens (tertiary/aromatic N) is 2. The van der Waals surface area contributed by atoms with E-state index in [1.54, 1.807) is 24.3 Å². The van der Waals surface area contributed by atoms with E-state index >= 15 is 0 Å². The van der Waals surface area contributed by atoms with Gasteiger partial charge >= 0.3 is 5.97 Å². The molecule has 0 aromatic heterocycles. The maximum atomic E-state index is 12.8. The van der Waals surface area contributed by atoms with E-state index in [0.29, 0.717) is 5.56 Å². The Kier molecular flexibility index (Phi) is 6.50. The van der Waals surface area contributed by atoms with Gasteiger partial charge in [-0.05, 0) is 36.2 Å². The minimum Gasteiger partial charge on any atom is -0.507 e. The number of Topliss-reactive ketones (excluding diaryl/α,β-unsaturated/α-hetero) is 1. The number of rotatable bonds is 7. The maximum Gasteiger partial charge on any atom is 0.303 e. The highest BCUT2D eigenvalue weighted by atomic mass is 79.9. The van der Waals surface area contributed by atoms with Crippen molar-refractivity contribution in [2.45, 2.75) is 18.9 Å². The Labute approximate surface area is 184 Å². The van der Waals surface area contributed by atoms with Crippen LogP contribution in [0.25, 0.3) is 5.76 Å². The van der Waals surface area contributed by atoms with Gasteiger partial charge in [-0.25, -0.2) is 0 Å². The van der Waals surface area contributed by atoms with Gasteiger partial charge in [0.25, 0.3) is 17.4 Å². The minimum atomic E-state index is -1.03. The zero-order valence-corrected chi connectivity index (χ0v) is 17.6. The first-order chi connectivity index (χ1) is 14.7. The van der Waals surface area contributed by atoms with E-state index < -0.39 is 34.4 Å². The van der Waals surface area contributed by atoms with E-state index in [4.69, 9.17) is 5.11 Å². The number of ketones is 1. The summed E-state index contributed by atoms with van der Waals surface area (Å²) >= 11 is 3.32. The fraction of sp³-hybridized carbons (Fsp3) is 0.190. The molecule has 0 aliphatic carbocycles.